The highest BCUT2D eigenvalue weighted by Gasteiger charge is 2.16. The van der Waals surface area contributed by atoms with Gasteiger partial charge in [-0.15, -0.1) is 0 Å². The molecule has 0 aliphatic carbocycles. The number of fused-ring (bicyclic) bond motifs is 1. The van der Waals surface area contributed by atoms with Gasteiger partial charge in [-0.2, -0.15) is 0 Å². The summed E-state index contributed by atoms with van der Waals surface area (Å²) < 4.78 is 6.83. The topological polar surface area (TPSA) is 67.2 Å². The number of nitrogens with zero attached hydrogens (tertiary/aromatic N) is 1. The standard InChI is InChI=1S/C25H21ClIN3O2S/c1-25(2,3)15-6-4-14(5-7-15)23-29-20-13-17(9-11-21(20)32-23)28-24(33)30-22(31)18-12-16(27)8-10-19(18)26/h4-13H,1-3H3,(H2,28,30,31,33). The van der Waals surface area contributed by atoms with Crippen molar-refractivity contribution in [3.05, 3.63) is 80.4 Å². The molecule has 33 heavy (non-hydrogen) atoms. The SMILES string of the molecule is CC(C)(C)c1ccc(-c2nc3cc(NC(=S)NC(=O)c4cc(I)ccc4Cl)ccc3o2)cc1. The van der Waals surface area contributed by atoms with Crippen LogP contribution < -0.4 is 10.6 Å². The zero-order chi connectivity index (χ0) is 23.8. The van der Waals surface area contributed by atoms with Gasteiger partial charge in [0.25, 0.3) is 5.91 Å². The van der Waals surface area contributed by atoms with Crippen LogP contribution in [0, 0.1) is 3.57 Å². The maximum absolute atomic E-state index is 12.5. The molecule has 1 aromatic heterocycles. The Morgan fingerprint density at radius 1 is 1.06 bits per heavy atom. The number of carbonyl (C=O) groups is 1. The number of amides is 1. The van der Waals surface area contributed by atoms with Gasteiger partial charge in [-0.05, 0) is 94.3 Å². The highest BCUT2D eigenvalue weighted by atomic mass is 127. The molecule has 4 aromatic rings. The van der Waals surface area contributed by atoms with Crippen LogP contribution in [0.15, 0.2) is 65.1 Å². The summed E-state index contributed by atoms with van der Waals surface area (Å²) in [6, 6.07) is 18.9. The molecule has 0 atom stereocenters. The molecule has 4 rings (SSSR count). The van der Waals surface area contributed by atoms with E-state index in [1.54, 1.807) is 12.1 Å². The minimum atomic E-state index is -0.375. The number of hydrogen-bond donors (Lipinski definition) is 2. The smallest absolute Gasteiger partial charge is 0.258 e. The summed E-state index contributed by atoms with van der Waals surface area (Å²) >= 11 is 13.6. The van der Waals surface area contributed by atoms with Crippen molar-refractivity contribution in [1.29, 1.82) is 0 Å². The molecule has 5 nitrogen and oxygen atoms in total. The van der Waals surface area contributed by atoms with E-state index in [0.29, 0.717) is 33.3 Å². The highest BCUT2D eigenvalue weighted by Crippen LogP contribution is 2.29. The van der Waals surface area contributed by atoms with Crippen LogP contribution in [-0.2, 0) is 5.41 Å². The number of hydrogen-bond acceptors (Lipinski definition) is 4. The van der Waals surface area contributed by atoms with E-state index in [1.807, 2.05) is 36.4 Å². The second kappa shape index (κ2) is 9.40. The summed E-state index contributed by atoms with van der Waals surface area (Å²) in [4.78, 5) is 17.1. The number of nitrogens with one attached hydrogen (secondary N) is 2. The molecule has 3 aromatic carbocycles. The molecule has 0 aliphatic heterocycles. The van der Waals surface area contributed by atoms with Gasteiger partial charge in [0.05, 0.1) is 10.6 Å². The van der Waals surface area contributed by atoms with Crippen molar-refractivity contribution in [2.24, 2.45) is 0 Å². The van der Waals surface area contributed by atoms with Crippen LogP contribution in [0.4, 0.5) is 5.69 Å². The van der Waals surface area contributed by atoms with Crippen LogP contribution >= 0.6 is 46.4 Å². The molecule has 8 heteroatoms. The number of benzene rings is 3. The van der Waals surface area contributed by atoms with Gasteiger partial charge in [-0.25, -0.2) is 4.98 Å². The minimum Gasteiger partial charge on any atom is -0.436 e. The van der Waals surface area contributed by atoms with E-state index >= 15 is 0 Å². The van der Waals surface area contributed by atoms with E-state index < -0.39 is 0 Å². The quantitative estimate of drug-likeness (QED) is 0.196. The molecular formula is C25H21ClIN3O2S. The van der Waals surface area contributed by atoms with Crippen molar-refractivity contribution >= 4 is 74.2 Å². The number of halogens is 2. The Morgan fingerprint density at radius 3 is 2.48 bits per heavy atom. The van der Waals surface area contributed by atoms with Crippen LogP contribution in [-0.4, -0.2) is 16.0 Å². The highest BCUT2D eigenvalue weighted by molar-refractivity contribution is 14.1. The molecule has 168 valence electrons. The molecule has 0 spiro atoms. The number of thiocarbonyl (C=S) groups is 1. The van der Waals surface area contributed by atoms with E-state index in [-0.39, 0.29) is 16.4 Å². The second-order valence-electron chi connectivity index (χ2n) is 8.56. The summed E-state index contributed by atoms with van der Waals surface area (Å²) in [6.45, 7) is 6.54. The Morgan fingerprint density at radius 2 is 1.79 bits per heavy atom. The van der Waals surface area contributed by atoms with E-state index in [9.17, 15) is 4.79 Å². The fourth-order valence-electron chi connectivity index (χ4n) is 3.25. The van der Waals surface area contributed by atoms with Crippen molar-refractivity contribution in [3.63, 3.8) is 0 Å². The van der Waals surface area contributed by atoms with Gasteiger partial charge in [0.2, 0.25) is 5.89 Å². The Labute approximate surface area is 216 Å². The average Bonchev–Trinajstić information content (AvgIpc) is 3.18. The summed E-state index contributed by atoms with van der Waals surface area (Å²) in [5.74, 6) is 0.173. The third-order valence-corrected chi connectivity index (χ3v) is 6.25. The first-order chi connectivity index (χ1) is 15.6. The molecule has 0 unspecified atom stereocenters. The first kappa shape index (κ1) is 23.7. The van der Waals surface area contributed by atoms with Gasteiger partial charge in [0.15, 0.2) is 10.7 Å². The van der Waals surface area contributed by atoms with E-state index in [0.717, 1.165) is 9.13 Å². The van der Waals surface area contributed by atoms with Gasteiger partial charge >= 0.3 is 0 Å². The first-order valence-corrected chi connectivity index (χ1v) is 12.1. The zero-order valence-electron chi connectivity index (χ0n) is 18.2. The number of aromatic nitrogens is 1. The lowest BCUT2D eigenvalue weighted by Gasteiger charge is -2.18. The maximum Gasteiger partial charge on any atom is 0.258 e. The van der Waals surface area contributed by atoms with E-state index in [2.05, 4.69) is 71.1 Å². The number of carbonyl (C=O) groups excluding carboxylic acids is 1. The first-order valence-electron chi connectivity index (χ1n) is 10.2. The summed E-state index contributed by atoms with van der Waals surface area (Å²) in [7, 11) is 0. The van der Waals surface area contributed by atoms with Gasteiger partial charge in [0, 0.05) is 14.8 Å². The molecule has 0 saturated carbocycles. The second-order valence-corrected chi connectivity index (χ2v) is 10.6. The van der Waals surface area contributed by atoms with E-state index in [4.69, 9.17) is 28.2 Å². The van der Waals surface area contributed by atoms with Crippen molar-refractivity contribution < 1.29 is 9.21 Å². The minimum absolute atomic E-state index is 0.0819. The van der Waals surface area contributed by atoms with Crippen molar-refractivity contribution in [1.82, 2.24) is 10.3 Å². The van der Waals surface area contributed by atoms with Crippen LogP contribution in [0.25, 0.3) is 22.6 Å². The zero-order valence-corrected chi connectivity index (χ0v) is 21.9. The number of oxazole rings is 1. The molecular weight excluding hydrogens is 569 g/mol. The van der Waals surface area contributed by atoms with Gasteiger partial charge in [0.1, 0.15) is 5.52 Å². The lowest BCUT2D eigenvalue weighted by Crippen LogP contribution is -2.34. The lowest BCUT2D eigenvalue weighted by molar-refractivity contribution is 0.0978. The van der Waals surface area contributed by atoms with Gasteiger partial charge in [-0.1, -0.05) is 44.5 Å². The fourth-order valence-corrected chi connectivity index (χ4v) is 4.15. The molecule has 0 radical (unpaired) electrons. The summed E-state index contributed by atoms with van der Waals surface area (Å²) in [5, 5.41) is 6.20. The predicted octanol–water partition coefficient (Wildman–Crippen LogP) is 7.18. The third-order valence-electron chi connectivity index (χ3n) is 5.04. The Hall–Kier alpha value is -2.49. The molecule has 0 aliphatic rings. The molecule has 1 amide bonds. The van der Waals surface area contributed by atoms with Crippen molar-refractivity contribution in [2.75, 3.05) is 5.32 Å². The fraction of sp³-hybridized carbons (Fsp3) is 0.160. The maximum atomic E-state index is 12.5. The van der Waals surface area contributed by atoms with Crippen molar-refractivity contribution in [2.45, 2.75) is 26.2 Å². The molecule has 0 fully saturated rings. The Kier molecular flexibility index (Phi) is 6.74. The van der Waals surface area contributed by atoms with Crippen molar-refractivity contribution in [3.8, 4) is 11.5 Å². The Bertz CT molecular complexity index is 1360. The monoisotopic (exact) mass is 589 g/mol. The van der Waals surface area contributed by atoms with Crippen LogP contribution in [0.5, 0.6) is 0 Å². The van der Waals surface area contributed by atoms with Gasteiger partial charge in [-0.3, -0.25) is 10.1 Å². The molecule has 0 bridgehead atoms. The molecule has 0 saturated heterocycles. The molecule has 2 N–H and O–H groups in total. The normalized spacial score (nSPS) is 11.4. The largest absolute Gasteiger partial charge is 0.436 e. The van der Waals surface area contributed by atoms with Crippen LogP contribution in [0.1, 0.15) is 36.7 Å². The Balaban J connectivity index is 1.49. The van der Waals surface area contributed by atoms with Crippen LogP contribution in [0.3, 0.4) is 0 Å². The van der Waals surface area contributed by atoms with Crippen LogP contribution in [0.2, 0.25) is 5.02 Å². The van der Waals surface area contributed by atoms with E-state index in [1.165, 1.54) is 5.56 Å². The average molecular weight is 590 g/mol. The summed E-state index contributed by atoms with van der Waals surface area (Å²) in [5.41, 5.74) is 4.63. The summed E-state index contributed by atoms with van der Waals surface area (Å²) in [6.07, 6.45) is 0. The lowest BCUT2D eigenvalue weighted by atomic mass is 9.87. The number of rotatable bonds is 3. The molecule has 1 heterocycles. The number of anilines is 1. The third kappa shape index (κ3) is 5.54. The predicted molar refractivity (Wildman–Crippen MR) is 146 cm³/mol. The van der Waals surface area contributed by atoms with Gasteiger partial charge < -0.3 is 9.73 Å².